The Bertz CT molecular complexity index is 3060. The lowest BCUT2D eigenvalue weighted by atomic mass is 9.35. The number of rotatable bonds is 3. The van der Waals surface area contributed by atoms with Crippen LogP contribution in [0.15, 0.2) is 120 Å². The van der Waals surface area contributed by atoms with Crippen LogP contribution in [0, 0.1) is 0 Å². The second kappa shape index (κ2) is 14.5. The van der Waals surface area contributed by atoms with E-state index in [9.17, 15) is 0 Å². The third-order valence-electron chi connectivity index (χ3n) is 15.5. The predicted octanol–water partition coefficient (Wildman–Crippen LogP) is 15.7. The first-order valence-electron chi connectivity index (χ1n) is 24.6. The molecule has 0 amide bonds. The van der Waals surface area contributed by atoms with Gasteiger partial charge in [-0.2, -0.15) is 0 Å². The summed E-state index contributed by atoms with van der Waals surface area (Å²) in [6, 6.07) is 44.9. The molecule has 2 aliphatic heterocycles. The summed E-state index contributed by atoms with van der Waals surface area (Å²) in [7, 11) is 0. The molecule has 0 saturated heterocycles. The molecule has 338 valence electrons. The molecule has 10 rings (SSSR count). The van der Waals surface area contributed by atoms with Gasteiger partial charge in [0.2, 0.25) is 0 Å². The molecular formula is C62H71BN2O. The average Bonchev–Trinajstić information content (AvgIpc) is 3.62. The van der Waals surface area contributed by atoms with Crippen LogP contribution in [-0.2, 0) is 32.5 Å². The normalized spacial score (nSPS) is 16.5. The van der Waals surface area contributed by atoms with Gasteiger partial charge in [-0.25, -0.2) is 0 Å². The maximum atomic E-state index is 7.51. The Morgan fingerprint density at radius 3 is 1.61 bits per heavy atom. The SMILES string of the molecule is CC(C)(C)c1ccc(N2c3cc4c(cc3B3c5oc6ccc(C(C)(C)C)cc6c5N(c5ccc(C(C)(C)C)cc5-c5ccccc5)c5cc(C(C)(C)C)cc2c53)C(C)(C)CCC4(C)C)cc1. The van der Waals surface area contributed by atoms with Gasteiger partial charge in [0.05, 0.1) is 17.0 Å². The van der Waals surface area contributed by atoms with Crippen molar-refractivity contribution in [2.24, 2.45) is 0 Å². The number of fused-ring (bicyclic) bond motifs is 7. The first kappa shape index (κ1) is 44.4. The summed E-state index contributed by atoms with van der Waals surface area (Å²) in [4.78, 5) is 5.24. The van der Waals surface area contributed by atoms with E-state index < -0.39 is 0 Å². The van der Waals surface area contributed by atoms with Crippen LogP contribution in [0.3, 0.4) is 0 Å². The highest BCUT2D eigenvalue weighted by Crippen LogP contribution is 2.53. The van der Waals surface area contributed by atoms with Crippen molar-refractivity contribution in [3.63, 3.8) is 0 Å². The van der Waals surface area contributed by atoms with Gasteiger partial charge in [-0.15, -0.1) is 0 Å². The second-order valence-electron chi connectivity index (χ2n) is 25.4. The van der Waals surface area contributed by atoms with E-state index in [0.717, 1.165) is 40.8 Å². The lowest BCUT2D eigenvalue weighted by molar-refractivity contribution is 0.332. The lowest BCUT2D eigenvalue weighted by Gasteiger charge is -2.47. The molecule has 0 spiro atoms. The molecule has 3 nitrogen and oxygen atoms in total. The van der Waals surface area contributed by atoms with E-state index >= 15 is 0 Å². The van der Waals surface area contributed by atoms with Crippen molar-refractivity contribution in [1.29, 1.82) is 0 Å². The van der Waals surface area contributed by atoms with E-state index in [4.69, 9.17) is 4.42 Å². The number of nitrogens with zero attached hydrogens (tertiary/aromatic N) is 2. The Morgan fingerprint density at radius 1 is 0.485 bits per heavy atom. The van der Waals surface area contributed by atoms with E-state index in [1.165, 1.54) is 78.2 Å². The van der Waals surface area contributed by atoms with Gasteiger partial charge in [0, 0.05) is 33.7 Å². The van der Waals surface area contributed by atoms with Crippen LogP contribution < -0.4 is 26.4 Å². The maximum absolute atomic E-state index is 7.51. The first-order chi connectivity index (χ1) is 30.7. The Labute approximate surface area is 396 Å². The van der Waals surface area contributed by atoms with Crippen LogP contribution >= 0.6 is 0 Å². The summed E-state index contributed by atoms with van der Waals surface area (Å²) in [5.74, 6) is 0. The van der Waals surface area contributed by atoms with Crippen molar-refractivity contribution in [3.8, 4) is 11.1 Å². The van der Waals surface area contributed by atoms with E-state index in [-0.39, 0.29) is 39.2 Å². The molecule has 3 heterocycles. The van der Waals surface area contributed by atoms with Crippen molar-refractivity contribution >= 4 is 68.4 Å². The average molecular weight is 871 g/mol. The van der Waals surface area contributed by atoms with Crippen LogP contribution in [0.25, 0.3) is 22.1 Å². The number of anilines is 6. The van der Waals surface area contributed by atoms with Crippen molar-refractivity contribution < 1.29 is 4.42 Å². The quantitative estimate of drug-likeness (QED) is 0.165. The molecule has 0 N–H and O–H groups in total. The molecule has 0 atom stereocenters. The molecule has 0 radical (unpaired) electrons. The topological polar surface area (TPSA) is 19.6 Å². The minimum absolute atomic E-state index is 0.0245. The first-order valence-corrected chi connectivity index (χ1v) is 24.6. The highest BCUT2D eigenvalue weighted by Gasteiger charge is 2.50. The van der Waals surface area contributed by atoms with Gasteiger partial charge in [0.25, 0.3) is 6.71 Å². The lowest BCUT2D eigenvalue weighted by Crippen LogP contribution is -2.61. The molecule has 3 aliphatic rings. The Kier molecular flexibility index (Phi) is 9.76. The molecule has 0 saturated carbocycles. The van der Waals surface area contributed by atoms with Gasteiger partial charge < -0.3 is 14.2 Å². The van der Waals surface area contributed by atoms with E-state index in [1.54, 1.807) is 0 Å². The summed E-state index contributed by atoms with van der Waals surface area (Å²) in [5, 5.41) is 1.16. The summed E-state index contributed by atoms with van der Waals surface area (Å²) in [5.41, 5.74) is 22.2. The van der Waals surface area contributed by atoms with Crippen LogP contribution in [0.2, 0.25) is 0 Å². The molecule has 1 aromatic heterocycles. The zero-order chi connectivity index (χ0) is 47.3. The van der Waals surface area contributed by atoms with Gasteiger partial charge in [-0.1, -0.05) is 171 Å². The molecule has 0 unspecified atom stereocenters. The molecule has 7 aromatic rings. The third-order valence-corrected chi connectivity index (χ3v) is 15.5. The number of furan rings is 1. The minimum Gasteiger partial charge on any atom is -0.468 e. The van der Waals surface area contributed by atoms with Crippen LogP contribution in [0.4, 0.5) is 34.1 Å². The number of hydrogen-bond acceptors (Lipinski definition) is 3. The summed E-state index contributed by atoms with van der Waals surface area (Å²) >= 11 is 0. The largest absolute Gasteiger partial charge is 0.468 e. The third kappa shape index (κ3) is 7.07. The fraction of sp³-hybridized carbons (Fsp3) is 0.387. The van der Waals surface area contributed by atoms with Gasteiger partial charge in [0.1, 0.15) is 5.58 Å². The Hall–Kier alpha value is -5.48. The van der Waals surface area contributed by atoms with E-state index in [2.05, 4.69) is 236 Å². The van der Waals surface area contributed by atoms with Gasteiger partial charge in [-0.05, 0) is 150 Å². The summed E-state index contributed by atoms with van der Waals surface area (Å²) < 4.78 is 7.51. The van der Waals surface area contributed by atoms with Crippen LogP contribution in [-0.4, -0.2) is 6.71 Å². The summed E-state index contributed by atoms with van der Waals surface area (Å²) in [6.45, 7) is 37.7. The molecule has 6 aromatic carbocycles. The minimum atomic E-state index is -0.146. The molecule has 0 fully saturated rings. The summed E-state index contributed by atoms with van der Waals surface area (Å²) in [6.07, 6.45) is 2.30. The van der Waals surface area contributed by atoms with E-state index in [1.807, 2.05) is 0 Å². The molecule has 66 heavy (non-hydrogen) atoms. The Balaban J connectivity index is 1.39. The van der Waals surface area contributed by atoms with Gasteiger partial charge >= 0.3 is 0 Å². The molecule has 0 bridgehead atoms. The van der Waals surface area contributed by atoms with Crippen molar-refractivity contribution in [3.05, 3.63) is 149 Å². The van der Waals surface area contributed by atoms with Gasteiger partial charge in [0.15, 0.2) is 0 Å². The van der Waals surface area contributed by atoms with Crippen molar-refractivity contribution in [1.82, 2.24) is 0 Å². The number of benzene rings is 6. The highest BCUT2D eigenvalue weighted by atomic mass is 16.3. The maximum Gasteiger partial charge on any atom is 0.297 e. The number of hydrogen-bond donors (Lipinski definition) is 0. The van der Waals surface area contributed by atoms with E-state index in [0.29, 0.717) is 0 Å². The second-order valence-corrected chi connectivity index (χ2v) is 25.4. The Morgan fingerprint density at radius 2 is 1.02 bits per heavy atom. The molecule has 1 aliphatic carbocycles. The highest BCUT2D eigenvalue weighted by molar-refractivity contribution is 7.00. The molecular weight excluding hydrogens is 800 g/mol. The monoisotopic (exact) mass is 871 g/mol. The van der Waals surface area contributed by atoms with Crippen molar-refractivity contribution in [2.45, 2.75) is 156 Å². The van der Waals surface area contributed by atoms with Gasteiger partial charge in [-0.3, -0.25) is 0 Å². The van der Waals surface area contributed by atoms with Crippen LogP contribution in [0.5, 0.6) is 0 Å². The fourth-order valence-corrected chi connectivity index (χ4v) is 11.1. The zero-order valence-electron chi connectivity index (χ0n) is 42.8. The zero-order valence-corrected chi connectivity index (χ0v) is 42.8. The van der Waals surface area contributed by atoms with Crippen LogP contribution in [0.1, 0.15) is 157 Å². The standard InChI is InChI=1S/C62H71BN2O/c1-57(2,3)39-22-26-43(27-23-39)64-50-37-47-46(61(13,14)30-31-62(47,15)16)36-48(50)63-54-51(64)34-42(60(10,11)12)35-52(54)65(55-45-33-41(59(7,8)9)25-29-53(45)66-56(55)63)49-28-24-40(58(4,5)6)32-44(49)38-20-18-17-19-21-38/h17-29,32-37H,30-31H2,1-16H3. The molecule has 4 heteroatoms. The smallest absolute Gasteiger partial charge is 0.297 e. The predicted molar refractivity (Wildman–Crippen MR) is 286 cm³/mol. The van der Waals surface area contributed by atoms with Crippen molar-refractivity contribution in [2.75, 3.05) is 9.80 Å². The fourth-order valence-electron chi connectivity index (χ4n) is 11.1.